The van der Waals surface area contributed by atoms with Gasteiger partial charge in [0.25, 0.3) is 0 Å². The molecule has 0 aliphatic heterocycles. The summed E-state index contributed by atoms with van der Waals surface area (Å²) in [6.45, 7) is 6.91. The molecule has 2 heteroatoms. The molecular formula is C16H17BrO. The molecule has 0 spiro atoms. The molecule has 0 heterocycles. The molecule has 0 aromatic heterocycles. The Morgan fingerprint density at radius 2 is 1.67 bits per heavy atom. The van der Waals surface area contributed by atoms with E-state index in [1.54, 1.807) is 0 Å². The molecule has 0 atom stereocenters. The van der Waals surface area contributed by atoms with E-state index in [0.717, 1.165) is 5.75 Å². The highest BCUT2D eigenvalue weighted by Crippen LogP contribution is 2.31. The van der Waals surface area contributed by atoms with Crippen molar-refractivity contribution in [3.8, 4) is 5.75 Å². The van der Waals surface area contributed by atoms with Gasteiger partial charge in [-0.3, -0.25) is 0 Å². The topological polar surface area (TPSA) is 9.23 Å². The van der Waals surface area contributed by atoms with Crippen molar-refractivity contribution in [1.82, 2.24) is 0 Å². The number of hydrogen-bond acceptors (Lipinski definition) is 1. The predicted octanol–water partition coefficient (Wildman–Crippen LogP) is 4.95. The van der Waals surface area contributed by atoms with Gasteiger partial charge in [0, 0.05) is 4.47 Å². The van der Waals surface area contributed by atoms with Crippen molar-refractivity contribution in [1.29, 1.82) is 0 Å². The molecule has 94 valence electrons. The number of hydrogen-bond donors (Lipinski definition) is 0. The number of benzene rings is 2. The summed E-state index contributed by atoms with van der Waals surface area (Å²) in [5.41, 5.74) is 4.85. The fourth-order valence-electron chi connectivity index (χ4n) is 1.90. The van der Waals surface area contributed by atoms with E-state index >= 15 is 0 Å². The van der Waals surface area contributed by atoms with Crippen molar-refractivity contribution in [2.75, 3.05) is 0 Å². The summed E-state index contributed by atoms with van der Waals surface area (Å²) in [7, 11) is 0. The zero-order valence-corrected chi connectivity index (χ0v) is 12.5. The van der Waals surface area contributed by atoms with E-state index in [1.807, 2.05) is 18.2 Å². The predicted molar refractivity (Wildman–Crippen MR) is 79.1 cm³/mol. The highest BCUT2D eigenvalue weighted by molar-refractivity contribution is 9.10. The van der Waals surface area contributed by atoms with Gasteiger partial charge in [-0.1, -0.05) is 46.3 Å². The molecule has 0 radical (unpaired) electrons. The van der Waals surface area contributed by atoms with Crippen molar-refractivity contribution >= 4 is 15.9 Å². The SMILES string of the molecule is Cc1cc(OCc2ccccc2)c(C)c(C)c1Br. The van der Waals surface area contributed by atoms with Crippen LogP contribution in [-0.4, -0.2) is 0 Å². The van der Waals surface area contributed by atoms with E-state index in [9.17, 15) is 0 Å². The minimum absolute atomic E-state index is 0.613. The van der Waals surface area contributed by atoms with Crippen LogP contribution in [-0.2, 0) is 6.61 Å². The first-order chi connectivity index (χ1) is 8.59. The minimum Gasteiger partial charge on any atom is -0.489 e. The molecule has 18 heavy (non-hydrogen) atoms. The Kier molecular flexibility index (Phi) is 4.07. The summed E-state index contributed by atoms with van der Waals surface area (Å²) >= 11 is 3.60. The lowest BCUT2D eigenvalue weighted by molar-refractivity contribution is 0.303. The zero-order chi connectivity index (χ0) is 13.1. The van der Waals surface area contributed by atoms with Crippen LogP contribution in [0.2, 0.25) is 0 Å². The largest absolute Gasteiger partial charge is 0.489 e. The number of aryl methyl sites for hydroxylation is 1. The van der Waals surface area contributed by atoms with E-state index in [4.69, 9.17) is 4.74 Å². The Labute approximate surface area is 117 Å². The van der Waals surface area contributed by atoms with Gasteiger partial charge in [-0.15, -0.1) is 0 Å². The molecule has 0 unspecified atom stereocenters. The van der Waals surface area contributed by atoms with Gasteiger partial charge in [0.05, 0.1) is 0 Å². The summed E-state index contributed by atoms with van der Waals surface area (Å²) < 4.78 is 7.09. The fraction of sp³-hybridized carbons (Fsp3) is 0.250. The Hall–Kier alpha value is -1.28. The third kappa shape index (κ3) is 2.75. The lowest BCUT2D eigenvalue weighted by Gasteiger charge is -2.14. The molecule has 1 nitrogen and oxygen atoms in total. The highest BCUT2D eigenvalue weighted by Gasteiger charge is 2.09. The summed E-state index contributed by atoms with van der Waals surface area (Å²) in [5.74, 6) is 0.969. The second-order valence-corrected chi connectivity index (χ2v) is 5.32. The second-order valence-electron chi connectivity index (χ2n) is 4.53. The molecule has 0 fully saturated rings. The molecule has 2 aromatic rings. The van der Waals surface area contributed by atoms with Crippen LogP contribution in [0.25, 0.3) is 0 Å². The first-order valence-corrected chi connectivity index (χ1v) is 6.82. The summed E-state index contributed by atoms with van der Waals surface area (Å²) in [5, 5.41) is 0. The fourth-order valence-corrected chi connectivity index (χ4v) is 2.31. The smallest absolute Gasteiger partial charge is 0.123 e. The lowest BCUT2D eigenvalue weighted by Crippen LogP contribution is -1.99. The Bertz CT molecular complexity index is 547. The van der Waals surface area contributed by atoms with Gasteiger partial charge in [0.1, 0.15) is 12.4 Å². The van der Waals surface area contributed by atoms with Gasteiger partial charge < -0.3 is 4.74 Å². The maximum Gasteiger partial charge on any atom is 0.123 e. The van der Waals surface area contributed by atoms with E-state index < -0.39 is 0 Å². The Morgan fingerprint density at radius 1 is 1.00 bits per heavy atom. The van der Waals surface area contributed by atoms with Crippen LogP contribution in [0.15, 0.2) is 40.9 Å². The highest BCUT2D eigenvalue weighted by atomic mass is 79.9. The second kappa shape index (κ2) is 5.57. The molecule has 0 bridgehead atoms. The first kappa shape index (κ1) is 13.2. The van der Waals surface area contributed by atoms with Crippen LogP contribution >= 0.6 is 15.9 Å². The number of ether oxygens (including phenoxy) is 1. The molecule has 2 aromatic carbocycles. The summed E-state index contributed by atoms with van der Waals surface area (Å²) in [4.78, 5) is 0. The molecule has 0 saturated carbocycles. The Balaban J connectivity index is 2.20. The Morgan fingerprint density at radius 3 is 2.33 bits per heavy atom. The summed E-state index contributed by atoms with van der Waals surface area (Å²) in [6, 6.07) is 12.3. The average molecular weight is 305 g/mol. The monoisotopic (exact) mass is 304 g/mol. The first-order valence-electron chi connectivity index (χ1n) is 6.02. The number of rotatable bonds is 3. The van der Waals surface area contributed by atoms with Crippen molar-refractivity contribution in [3.05, 3.63) is 63.1 Å². The van der Waals surface area contributed by atoms with Crippen LogP contribution in [0.1, 0.15) is 22.3 Å². The molecule has 0 saturated heterocycles. The van der Waals surface area contributed by atoms with E-state index in [0.29, 0.717) is 6.61 Å². The van der Waals surface area contributed by atoms with Crippen molar-refractivity contribution in [3.63, 3.8) is 0 Å². The third-order valence-corrected chi connectivity index (χ3v) is 4.41. The molecule has 0 N–H and O–H groups in total. The summed E-state index contributed by atoms with van der Waals surface area (Å²) in [6.07, 6.45) is 0. The standard InChI is InChI=1S/C16H17BrO/c1-11-9-15(12(2)13(3)16(11)17)18-10-14-7-5-4-6-8-14/h4-9H,10H2,1-3H3. The maximum atomic E-state index is 5.92. The number of halogens is 1. The average Bonchev–Trinajstić information content (AvgIpc) is 2.40. The molecular weight excluding hydrogens is 288 g/mol. The third-order valence-electron chi connectivity index (χ3n) is 3.19. The zero-order valence-electron chi connectivity index (χ0n) is 11.0. The van der Waals surface area contributed by atoms with Crippen LogP contribution in [0, 0.1) is 20.8 Å². The molecule has 0 aliphatic carbocycles. The minimum atomic E-state index is 0.613. The van der Waals surface area contributed by atoms with Crippen LogP contribution < -0.4 is 4.74 Å². The van der Waals surface area contributed by atoms with Gasteiger partial charge in [0.2, 0.25) is 0 Å². The van der Waals surface area contributed by atoms with E-state index in [2.05, 4.69) is 54.9 Å². The molecule has 0 amide bonds. The van der Waals surface area contributed by atoms with Crippen molar-refractivity contribution in [2.45, 2.75) is 27.4 Å². The molecule has 2 rings (SSSR count). The maximum absolute atomic E-state index is 5.92. The van der Waals surface area contributed by atoms with E-state index in [1.165, 1.54) is 26.7 Å². The normalized spacial score (nSPS) is 10.4. The quantitative estimate of drug-likeness (QED) is 0.779. The van der Waals surface area contributed by atoms with Gasteiger partial charge in [0.15, 0.2) is 0 Å². The van der Waals surface area contributed by atoms with Gasteiger partial charge in [-0.2, -0.15) is 0 Å². The van der Waals surface area contributed by atoms with Gasteiger partial charge in [-0.05, 0) is 49.1 Å². The van der Waals surface area contributed by atoms with Crippen LogP contribution in [0.5, 0.6) is 5.75 Å². The van der Waals surface area contributed by atoms with Crippen LogP contribution in [0.4, 0.5) is 0 Å². The van der Waals surface area contributed by atoms with Crippen LogP contribution in [0.3, 0.4) is 0 Å². The molecule has 0 aliphatic rings. The lowest BCUT2D eigenvalue weighted by atomic mass is 10.1. The van der Waals surface area contributed by atoms with Gasteiger partial charge in [-0.25, -0.2) is 0 Å². The van der Waals surface area contributed by atoms with E-state index in [-0.39, 0.29) is 0 Å². The van der Waals surface area contributed by atoms with Crippen molar-refractivity contribution < 1.29 is 4.74 Å². The van der Waals surface area contributed by atoms with Crippen molar-refractivity contribution in [2.24, 2.45) is 0 Å². The van der Waals surface area contributed by atoms with Gasteiger partial charge >= 0.3 is 0 Å².